The third-order valence-electron chi connectivity index (χ3n) is 4.28. The van der Waals surface area contributed by atoms with Gasteiger partial charge in [0, 0.05) is 16.6 Å². The maximum atomic E-state index is 13.2. The predicted molar refractivity (Wildman–Crippen MR) is 114 cm³/mol. The summed E-state index contributed by atoms with van der Waals surface area (Å²) in [6.07, 6.45) is 4.82. The van der Waals surface area contributed by atoms with Crippen molar-refractivity contribution in [3.63, 3.8) is 0 Å². The highest BCUT2D eigenvalue weighted by atomic mass is 32.2. The summed E-state index contributed by atoms with van der Waals surface area (Å²) < 4.78 is 1.14. The van der Waals surface area contributed by atoms with E-state index in [1.807, 2.05) is 43.5 Å². The average molecular weight is 409 g/mol. The van der Waals surface area contributed by atoms with Crippen molar-refractivity contribution in [2.45, 2.75) is 11.9 Å². The number of nitrogens with zero attached hydrogens (tertiary/aromatic N) is 3. The van der Waals surface area contributed by atoms with E-state index < -0.39 is 5.91 Å². The van der Waals surface area contributed by atoms with Crippen LogP contribution in [0.25, 0.3) is 21.3 Å². The monoisotopic (exact) mass is 408 g/mol. The van der Waals surface area contributed by atoms with Gasteiger partial charge >= 0.3 is 0 Å². The molecule has 0 unspecified atom stereocenters. The van der Waals surface area contributed by atoms with Crippen LogP contribution in [0.5, 0.6) is 0 Å². The van der Waals surface area contributed by atoms with E-state index in [0.717, 1.165) is 20.7 Å². The number of thioether (sulfide) groups is 1. The Bertz CT molecular complexity index is 1230. The number of rotatable bonds is 4. The highest BCUT2D eigenvalue weighted by Gasteiger charge is 2.18. The lowest BCUT2D eigenvalue weighted by molar-refractivity contribution is 0.100. The molecule has 0 spiro atoms. The molecule has 28 heavy (non-hydrogen) atoms. The van der Waals surface area contributed by atoms with Gasteiger partial charge in [-0.15, -0.1) is 23.1 Å². The molecule has 0 fully saturated rings. The van der Waals surface area contributed by atoms with Gasteiger partial charge in [0.05, 0.1) is 10.9 Å². The van der Waals surface area contributed by atoms with E-state index in [-0.39, 0.29) is 5.56 Å². The lowest BCUT2D eigenvalue weighted by Gasteiger charge is -2.10. The maximum absolute atomic E-state index is 13.2. The number of nitrogens with one attached hydrogen (secondary N) is 1. The van der Waals surface area contributed by atoms with Crippen molar-refractivity contribution in [3.05, 3.63) is 75.8 Å². The fourth-order valence-corrected chi connectivity index (χ4v) is 4.58. The summed E-state index contributed by atoms with van der Waals surface area (Å²) in [4.78, 5) is 36.1. The van der Waals surface area contributed by atoms with Crippen LogP contribution in [-0.4, -0.2) is 26.8 Å². The fraction of sp³-hybridized carbons (Fsp3) is 0.100. The number of hydrogen-bond donors (Lipinski definition) is 1. The third-order valence-corrected chi connectivity index (χ3v) is 6.01. The molecule has 0 saturated carbocycles. The predicted octanol–water partition coefficient (Wildman–Crippen LogP) is 3.93. The summed E-state index contributed by atoms with van der Waals surface area (Å²) in [5.41, 5.74) is 4.54. The Morgan fingerprint density at radius 1 is 1.14 bits per heavy atom. The van der Waals surface area contributed by atoms with Crippen LogP contribution in [0.4, 0.5) is 0 Å². The first-order valence-electron chi connectivity index (χ1n) is 8.46. The Morgan fingerprint density at radius 3 is 2.68 bits per heavy atom. The standard InChI is InChI=1S/C20H16N4O2S2/c1-12-15(13-7-4-3-5-8-13)16-19(28-12)22-11-24(20(16)26)23-17(25)14-9-6-10-21-18(14)27-2/h3-11H,1-2H3,(H,23,25). The first kappa shape index (κ1) is 18.4. The van der Waals surface area contributed by atoms with E-state index >= 15 is 0 Å². The Morgan fingerprint density at radius 2 is 1.93 bits per heavy atom. The van der Waals surface area contributed by atoms with Gasteiger partial charge in [-0.1, -0.05) is 30.3 Å². The Labute approximate surface area is 169 Å². The van der Waals surface area contributed by atoms with E-state index in [4.69, 9.17) is 0 Å². The molecule has 4 rings (SSSR count). The molecule has 1 amide bonds. The summed E-state index contributed by atoms with van der Waals surface area (Å²) in [5.74, 6) is -0.408. The molecular formula is C20H16N4O2S2. The van der Waals surface area contributed by atoms with Crippen LogP contribution in [-0.2, 0) is 0 Å². The molecule has 1 N–H and O–H groups in total. The maximum Gasteiger partial charge on any atom is 0.281 e. The molecule has 8 heteroatoms. The van der Waals surface area contributed by atoms with E-state index in [0.29, 0.717) is 20.8 Å². The van der Waals surface area contributed by atoms with E-state index in [2.05, 4.69) is 15.4 Å². The van der Waals surface area contributed by atoms with Gasteiger partial charge < -0.3 is 0 Å². The molecule has 3 heterocycles. The first-order chi connectivity index (χ1) is 13.6. The van der Waals surface area contributed by atoms with Gasteiger partial charge in [0.1, 0.15) is 16.2 Å². The number of pyridine rings is 1. The summed E-state index contributed by atoms with van der Waals surface area (Å²) in [7, 11) is 0. The van der Waals surface area contributed by atoms with Crippen LogP contribution in [0.2, 0.25) is 0 Å². The van der Waals surface area contributed by atoms with E-state index in [9.17, 15) is 9.59 Å². The second-order valence-corrected chi connectivity index (χ2v) is 8.00. The number of amides is 1. The molecule has 0 atom stereocenters. The van der Waals surface area contributed by atoms with Crippen molar-refractivity contribution in [1.82, 2.24) is 14.6 Å². The topological polar surface area (TPSA) is 76.9 Å². The largest absolute Gasteiger partial charge is 0.281 e. The number of thiophene rings is 1. The number of carbonyl (C=O) groups is 1. The molecule has 1 aromatic carbocycles. The van der Waals surface area contributed by atoms with Gasteiger partial charge in [0.15, 0.2) is 0 Å². The van der Waals surface area contributed by atoms with Crippen LogP contribution in [0.3, 0.4) is 0 Å². The molecule has 6 nitrogen and oxygen atoms in total. The quantitative estimate of drug-likeness (QED) is 0.518. The Balaban J connectivity index is 1.80. The number of aromatic nitrogens is 3. The molecule has 140 valence electrons. The minimum absolute atomic E-state index is 0.309. The van der Waals surface area contributed by atoms with Gasteiger partial charge in [-0.3, -0.25) is 15.0 Å². The molecule has 3 aromatic heterocycles. The lowest BCUT2D eigenvalue weighted by atomic mass is 10.0. The van der Waals surface area contributed by atoms with Crippen LogP contribution in [0.15, 0.2) is 64.8 Å². The van der Waals surface area contributed by atoms with E-state index in [1.54, 1.807) is 18.3 Å². The summed E-state index contributed by atoms with van der Waals surface area (Å²) in [6.45, 7) is 1.97. The minimum Gasteiger partial charge on any atom is -0.267 e. The molecule has 0 bridgehead atoms. The van der Waals surface area contributed by atoms with Crippen molar-refractivity contribution in [2.24, 2.45) is 0 Å². The Kier molecular flexibility index (Phi) is 4.97. The zero-order valence-electron chi connectivity index (χ0n) is 15.2. The van der Waals surface area contributed by atoms with Crippen LogP contribution < -0.4 is 11.0 Å². The molecule has 0 radical (unpaired) electrons. The first-order valence-corrected chi connectivity index (χ1v) is 10.5. The van der Waals surface area contributed by atoms with Crippen LogP contribution in [0.1, 0.15) is 15.2 Å². The second kappa shape index (κ2) is 7.57. The highest BCUT2D eigenvalue weighted by molar-refractivity contribution is 7.98. The molecule has 0 saturated heterocycles. The Hall–Kier alpha value is -2.97. The zero-order valence-corrected chi connectivity index (χ0v) is 16.8. The summed E-state index contributed by atoms with van der Waals surface area (Å²) in [6, 6.07) is 13.1. The summed E-state index contributed by atoms with van der Waals surface area (Å²) in [5, 5.41) is 1.10. The molecule has 0 aliphatic rings. The smallest absolute Gasteiger partial charge is 0.267 e. The van der Waals surface area contributed by atoms with Crippen molar-refractivity contribution in [1.29, 1.82) is 0 Å². The van der Waals surface area contributed by atoms with Crippen LogP contribution >= 0.6 is 23.1 Å². The molecule has 4 aromatic rings. The number of carbonyl (C=O) groups excluding carboxylic acids is 1. The molecular weight excluding hydrogens is 392 g/mol. The van der Waals surface area contributed by atoms with Gasteiger partial charge in [-0.25, -0.2) is 14.6 Å². The van der Waals surface area contributed by atoms with Gasteiger partial charge in [-0.05, 0) is 30.9 Å². The van der Waals surface area contributed by atoms with Gasteiger partial charge in [0.25, 0.3) is 11.5 Å². The number of aryl methyl sites for hydroxylation is 1. The third kappa shape index (κ3) is 3.21. The zero-order chi connectivity index (χ0) is 19.7. The van der Waals surface area contributed by atoms with Crippen molar-refractivity contribution in [3.8, 4) is 11.1 Å². The van der Waals surface area contributed by atoms with Gasteiger partial charge in [-0.2, -0.15) is 0 Å². The number of benzene rings is 1. The second-order valence-electron chi connectivity index (χ2n) is 6.00. The number of fused-ring (bicyclic) bond motifs is 1. The highest BCUT2D eigenvalue weighted by Crippen LogP contribution is 2.35. The van der Waals surface area contributed by atoms with Gasteiger partial charge in [0.2, 0.25) is 0 Å². The van der Waals surface area contributed by atoms with Crippen molar-refractivity contribution >= 4 is 39.2 Å². The van der Waals surface area contributed by atoms with E-state index in [1.165, 1.54) is 29.4 Å². The summed E-state index contributed by atoms with van der Waals surface area (Å²) >= 11 is 2.84. The fourth-order valence-electron chi connectivity index (χ4n) is 3.03. The lowest BCUT2D eigenvalue weighted by Crippen LogP contribution is -2.33. The van der Waals surface area contributed by atoms with Crippen molar-refractivity contribution in [2.75, 3.05) is 11.7 Å². The minimum atomic E-state index is -0.408. The molecule has 0 aliphatic carbocycles. The normalized spacial score (nSPS) is 10.9. The molecule has 0 aliphatic heterocycles. The number of hydrogen-bond acceptors (Lipinski definition) is 6. The van der Waals surface area contributed by atoms with Crippen LogP contribution in [0, 0.1) is 6.92 Å². The SMILES string of the molecule is CSc1ncccc1C(=O)Nn1cnc2sc(C)c(-c3ccccc3)c2c1=O. The average Bonchev–Trinajstić information content (AvgIpc) is 3.07. The van der Waals surface area contributed by atoms with Crippen molar-refractivity contribution < 1.29 is 4.79 Å².